The minimum absolute atomic E-state index is 0.0167. The number of alkyl carbamates (subject to hydrolysis) is 2. The molecule has 342 valence electrons. The number of carbonyl (C=O) groups excluding carboxylic acids is 4. The highest BCUT2D eigenvalue weighted by atomic mass is 32.2. The number of hydrogen-bond donors (Lipinski definition) is 2. The van der Waals surface area contributed by atoms with E-state index >= 15 is 0 Å². The van der Waals surface area contributed by atoms with Crippen LogP contribution in [0.25, 0.3) is 22.3 Å². The summed E-state index contributed by atoms with van der Waals surface area (Å²) in [5, 5.41) is 5.19. The number of rotatable bonds is 31. The molecule has 0 aliphatic carbocycles. The molecular formula is C48H56N2O12S2. The number of hydrogen-bond acceptors (Lipinski definition) is 14. The van der Waals surface area contributed by atoms with Crippen molar-refractivity contribution < 1.29 is 57.1 Å². The average Bonchev–Trinajstić information content (AvgIpc) is 3.33. The zero-order valence-corrected chi connectivity index (χ0v) is 37.4. The first-order valence-corrected chi connectivity index (χ1v) is 23.0. The zero-order valence-electron chi connectivity index (χ0n) is 35.7. The molecule has 4 aromatic carbocycles. The summed E-state index contributed by atoms with van der Waals surface area (Å²) in [4.78, 5) is 47.8. The van der Waals surface area contributed by atoms with Gasteiger partial charge in [0.05, 0.1) is 39.5 Å². The Kier molecular flexibility index (Phi) is 24.6. The molecule has 2 unspecified atom stereocenters. The Morgan fingerprint density at radius 1 is 0.516 bits per heavy atom. The monoisotopic (exact) mass is 916 g/mol. The van der Waals surface area contributed by atoms with E-state index in [1.807, 2.05) is 109 Å². The van der Waals surface area contributed by atoms with Gasteiger partial charge in [-0.05, 0) is 23.3 Å². The van der Waals surface area contributed by atoms with Crippen LogP contribution in [0.5, 0.6) is 11.5 Å². The highest BCUT2D eigenvalue weighted by Crippen LogP contribution is 2.31. The first-order chi connectivity index (χ1) is 31.4. The van der Waals surface area contributed by atoms with Gasteiger partial charge in [-0.15, -0.1) is 0 Å². The van der Waals surface area contributed by atoms with E-state index in [2.05, 4.69) is 23.8 Å². The van der Waals surface area contributed by atoms with E-state index in [0.29, 0.717) is 60.9 Å². The van der Waals surface area contributed by atoms with Crippen LogP contribution in [0.4, 0.5) is 9.59 Å². The smallest absolute Gasteiger partial charge is 0.407 e. The van der Waals surface area contributed by atoms with E-state index in [1.54, 1.807) is 23.5 Å². The molecule has 0 radical (unpaired) electrons. The fourth-order valence-corrected chi connectivity index (χ4v) is 7.25. The third-order valence-corrected chi connectivity index (χ3v) is 10.8. The van der Waals surface area contributed by atoms with Crippen LogP contribution in [0.15, 0.2) is 135 Å². The molecular weight excluding hydrogens is 861 g/mol. The third-order valence-electron chi connectivity index (χ3n) is 8.63. The fraction of sp³-hybridized carbons (Fsp3) is 0.333. The summed E-state index contributed by atoms with van der Waals surface area (Å²) < 4.78 is 45.2. The van der Waals surface area contributed by atoms with Crippen molar-refractivity contribution in [2.24, 2.45) is 0 Å². The molecule has 0 fully saturated rings. The lowest BCUT2D eigenvalue weighted by Gasteiger charge is -2.20. The van der Waals surface area contributed by atoms with Crippen LogP contribution in [0.3, 0.4) is 0 Å². The molecule has 0 saturated carbocycles. The summed E-state index contributed by atoms with van der Waals surface area (Å²) >= 11 is 3.11. The van der Waals surface area contributed by atoms with Crippen molar-refractivity contribution in [1.82, 2.24) is 10.6 Å². The number of thioether (sulfide) groups is 2. The maximum Gasteiger partial charge on any atom is 0.407 e. The van der Waals surface area contributed by atoms with Gasteiger partial charge >= 0.3 is 24.1 Å². The van der Waals surface area contributed by atoms with E-state index in [9.17, 15) is 19.2 Å². The Balaban J connectivity index is 1.15. The van der Waals surface area contributed by atoms with Gasteiger partial charge in [0.1, 0.15) is 50.1 Å². The van der Waals surface area contributed by atoms with Crippen molar-refractivity contribution in [2.45, 2.75) is 12.2 Å². The van der Waals surface area contributed by atoms with Crippen molar-refractivity contribution in [2.75, 3.05) is 89.0 Å². The van der Waals surface area contributed by atoms with E-state index in [-0.39, 0.29) is 39.5 Å². The number of para-hydroxylation sites is 2. The zero-order chi connectivity index (χ0) is 45.5. The molecule has 0 aromatic heterocycles. The number of carbonyl (C=O) groups is 4. The Morgan fingerprint density at radius 3 is 1.31 bits per heavy atom. The Bertz CT molecular complexity index is 1860. The van der Waals surface area contributed by atoms with Gasteiger partial charge < -0.3 is 48.5 Å². The molecule has 0 heterocycles. The fourth-order valence-electron chi connectivity index (χ4n) is 5.60. The van der Waals surface area contributed by atoms with Crippen molar-refractivity contribution in [3.05, 3.63) is 135 Å². The Morgan fingerprint density at radius 2 is 0.906 bits per heavy atom. The summed E-state index contributed by atoms with van der Waals surface area (Å²) in [5.74, 6) is 2.36. The molecule has 0 aliphatic heterocycles. The van der Waals surface area contributed by atoms with Crippen LogP contribution in [0, 0.1) is 0 Å². The number of amides is 2. The van der Waals surface area contributed by atoms with Crippen LogP contribution in [0.2, 0.25) is 0 Å². The number of esters is 2. The SMILES string of the molecule is C=CC(=O)OCCNC(=O)OC(COc1ccccc1-c1ccccc1)CSCCOCCOCCSCC(COc1ccccc1-c1ccccc1)OC(=O)NCCOC(=O)C=C. The number of nitrogens with one attached hydrogen (secondary N) is 2. The van der Waals surface area contributed by atoms with E-state index in [0.717, 1.165) is 34.4 Å². The maximum absolute atomic E-state index is 12.6. The van der Waals surface area contributed by atoms with Crippen LogP contribution in [0.1, 0.15) is 0 Å². The van der Waals surface area contributed by atoms with Crippen LogP contribution in [-0.2, 0) is 38.0 Å². The second-order valence-corrected chi connectivity index (χ2v) is 15.7. The molecule has 2 N–H and O–H groups in total. The summed E-state index contributed by atoms with van der Waals surface area (Å²) in [6.07, 6.45) is -0.378. The molecule has 2 amide bonds. The number of ether oxygens (including phenoxy) is 8. The molecule has 0 aliphatic rings. The van der Waals surface area contributed by atoms with Crippen molar-refractivity contribution in [3.8, 4) is 33.8 Å². The van der Waals surface area contributed by atoms with E-state index in [1.165, 1.54) is 0 Å². The van der Waals surface area contributed by atoms with E-state index < -0.39 is 36.3 Å². The van der Waals surface area contributed by atoms with Gasteiger partial charge in [-0.3, -0.25) is 0 Å². The lowest BCUT2D eigenvalue weighted by Crippen LogP contribution is -2.35. The van der Waals surface area contributed by atoms with Gasteiger partial charge in [0, 0.05) is 46.3 Å². The first-order valence-electron chi connectivity index (χ1n) is 20.7. The van der Waals surface area contributed by atoms with Crippen molar-refractivity contribution in [1.29, 1.82) is 0 Å². The van der Waals surface area contributed by atoms with Crippen LogP contribution < -0.4 is 20.1 Å². The molecule has 0 saturated heterocycles. The summed E-state index contributed by atoms with van der Waals surface area (Å²) in [6.45, 7) is 8.77. The largest absolute Gasteiger partial charge is 0.489 e. The topological polar surface area (TPSA) is 166 Å². The maximum atomic E-state index is 12.6. The van der Waals surface area contributed by atoms with Gasteiger partial charge in [-0.25, -0.2) is 19.2 Å². The molecule has 14 nitrogen and oxygen atoms in total. The minimum Gasteiger partial charge on any atom is -0.489 e. The normalized spacial score (nSPS) is 11.6. The van der Waals surface area contributed by atoms with Gasteiger partial charge in [0.25, 0.3) is 0 Å². The molecule has 0 spiro atoms. The molecule has 0 bridgehead atoms. The summed E-state index contributed by atoms with van der Waals surface area (Å²) in [5.41, 5.74) is 3.85. The van der Waals surface area contributed by atoms with Gasteiger partial charge in [0.2, 0.25) is 0 Å². The lowest BCUT2D eigenvalue weighted by atomic mass is 10.1. The molecule has 16 heteroatoms. The lowest BCUT2D eigenvalue weighted by molar-refractivity contribution is -0.138. The van der Waals surface area contributed by atoms with Gasteiger partial charge in [-0.2, -0.15) is 23.5 Å². The minimum atomic E-state index is -0.654. The molecule has 4 aromatic rings. The highest BCUT2D eigenvalue weighted by molar-refractivity contribution is 7.99. The van der Waals surface area contributed by atoms with Crippen molar-refractivity contribution >= 4 is 47.6 Å². The predicted octanol–water partition coefficient (Wildman–Crippen LogP) is 7.63. The van der Waals surface area contributed by atoms with Crippen LogP contribution in [-0.4, -0.2) is 125 Å². The predicted molar refractivity (Wildman–Crippen MR) is 250 cm³/mol. The molecule has 64 heavy (non-hydrogen) atoms. The highest BCUT2D eigenvalue weighted by Gasteiger charge is 2.19. The quantitative estimate of drug-likeness (QED) is 0.0219. The average molecular weight is 917 g/mol. The standard InChI is InChI=1S/C48H56N2O12S2/c1-3-45(51)57-25-23-49-47(53)61-39(33-59-43-21-13-11-19-41(43)37-15-7-5-8-16-37)35-63-31-29-55-27-28-56-30-32-64-36-40(62-48(54)50-24-26-58-46(52)4-2)34-60-44-22-14-12-20-42(44)38-17-9-6-10-18-38/h3-22,39-40H,1-2,23-36H2,(H,49,53)(H,50,54). The van der Waals surface area contributed by atoms with Crippen LogP contribution >= 0.6 is 23.5 Å². The Labute approximate surface area is 383 Å². The third kappa shape index (κ3) is 20.5. The van der Waals surface area contributed by atoms with Gasteiger partial charge in [-0.1, -0.05) is 110 Å². The van der Waals surface area contributed by atoms with Gasteiger partial charge in [0.15, 0.2) is 0 Å². The first kappa shape index (κ1) is 50.7. The van der Waals surface area contributed by atoms with E-state index in [4.69, 9.17) is 37.9 Å². The summed E-state index contributed by atoms with van der Waals surface area (Å²) in [6, 6.07) is 35.1. The second kappa shape index (κ2) is 31.0. The molecule has 2 atom stereocenters. The summed E-state index contributed by atoms with van der Waals surface area (Å²) in [7, 11) is 0. The molecule has 4 rings (SSSR count). The number of benzene rings is 4. The van der Waals surface area contributed by atoms with Crippen molar-refractivity contribution in [3.63, 3.8) is 0 Å². The Hall–Kier alpha value is -5.94. The second-order valence-electron chi connectivity index (χ2n) is 13.4.